The minimum absolute atomic E-state index is 0. The smallest absolute Gasteiger partial charge is 0.206 e. The average Bonchev–Trinajstić information content (AvgIpc) is 2.14. The molecule has 0 aromatic carbocycles. The highest BCUT2D eigenvalue weighted by molar-refractivity contribution is 5.85. The quantitative estimate of drug-likeness (QED) is 0.445. The summed E-state index contributed by atoms with van der Waals surface area (Å²) in [4.78, 5) is 0. The van der Waals surface area contributed by atoms with Crippen LogP contribution in [0.1, 0.15) is 0 Å². The molecular weight excluding hydrogens is 128 g/mol. The van der Waals surface area contributed by atoms with Gasteiger partial charge >= 0.3 is 0 Å². The lowest BCUT2D eigenvalue weighted by Gasteiger charge is -1.85. The molecule has 0 bridgehead atoms. The highest BCUT2D eigenvalue weighted by atomic mass is 35.5. The van der Waals surface area contributed by atoms with E-state index >= 15 is 0 Å². The monoisotopic (exact) mass is 134 g/mol. The van der Waals surface area contributed by atoms with Crippen LogP contribution in [0.15, 0.2) is 22.8 Å². The van der Waals surface area contributed by atoms with Gasteiger partial charge in [0.2, 0.25) is 5.88 Å². The Bertz CT molecular complexity index is 129. The lowest BCUT2D eigenvalue weighted by Crippen LogP contribution is -2.04. The third-order valence-electron chi connectivity index (χ3n) is 0.663. The van der Waals surface area contributed by atoms with Crippen molar-refractivity contribution in [2.24, 2.45) is 5.84 Å². The van der Waals surface area contributed by atoms with Crippen LogP contribution in [-0.2, 0) is 0 Å². The predicted octanol–water partition coefficient (Wildman–Crippen LogP) is 0.987. The van der Waals surface area contributed by atoms with E-state index in [1.165, 1.54) is 0 Å². The van der Waals surface area contributed by atoms with Gasteiger partial charge in [0.15, 0.2) is 0 Å². The second-order valence-electron chi connectivity index (χ2n) is 1.12. The van der Waals surface area contributed by atoms with Gasteiger partial charge in [-0.05, 0) is 6.07 Å². The second-order valence-corrected chi connectivity index (χ2v) is 1.12. The van der Waals surface area contributed by atoms with Gasteiger partial charge in [0.1, 0.15) is 0 Å². The molecule has 0 spiro atoms. The number of rotatable bonds is 1. The van der Waals surface area contributed by atoms with E-state index in [0.29, 0.717) is 5.88 Å². The van der Waals surface area contributed by atoms with Crippen molar-refractivity contribution in [1.29, 1.82) is 0 Å². The molecule has 3 N–H and O–H groups in total. The van der Waals surface area contributed by atoms with Crippen LogP contribution in [0, 0.1) is 0 Å². The van der Waals surface area contributed by atoms with Crippen molar-refractivity contribution in [1.82, 2.24) is 0 Å². The number of furan rings is 1. The summed E-state index contributed by atoms with van der Waals surface area (Å²) in [5.74, 6) is 5.53. The summed E-state index contributed by atoms with van der Waals surface area (Å²) in [5, 5.41) is 0. The largest absolute Gasteiger partial charge is 0.448 e. The fourth-order valence-corrected chi connectivity index (χ4v) is 0.361. The van der Waals surface area contributed by atoms with Crippen molar-refractivity contribution >= 4 is 18.3 Å². The molecule has 0 saturated carbocycles. The third kappa shape index (κ3) is 1.44. The van der Waals surface area contributed by atoms with Crippen molar-refractivity contribution in [3.63, 3.8) is 0 Å². The summed E-state index contributed by atoms with van der Waals surface area (Å²) in [6.45, 7) is 0. The van der Waals surface area contributed by atoms with Crippen LogP contribution in [0.25, 0.3) is 0 Å². The van der Waals surface area contributed by atoms with E-state index < -0.39 is 0 Å². The molecule has 1 aromatic rings. The fraction of sp³-hybridized carbons (Fsp3) is 0. The molecule has 0 atom stereocenters. The number of nitrogen functional groups attached to an aromatic ring is 1. The van der Waals surface area contributed by atoms with E-state index in [2.05, 4.69) is 5.43 Å². The zero-order valence-electron chi connectivity index (χ0n) is 4.13. The van der Waals surface area contributed by atoms with Gasteiger partial charge in [0.05, 0.1) is 6.26 Å². The van der Waals surface area contributed by atoms with Crippen molar-refractivity contribution in [3.05, 3.63) is 18.4 Å². The van der Waals surface area contributed by atoms with Gasteiger partial charge in [-0.15, -0.1) is 12.4 Å². The summed E-state index contributed by atoms with van der Waals surface area (Å²) < 4.78 is 4.75. The van der Waals surface area contributed by atoms with E-state index in [0.717, 1.165) is 0 Å². The molecule has 0 aliphatic carbocycles. The molecular formula is C4H7ClN2O. The fourth-order valence-electron chi connectivity index (χ4n) is 0.361. The number of hydrogen-bond acceptors (Lipinski definition) is 3. The Kier molecular flexibility index (Phi) is 3.07. The Morgan fingerprint density at radius 1 is 1.62 bits per heavy atom. The number of hydrazine groups is 1. The summed E-state index contributed by atoms with van der Waals surface area (Å²) >= 11 is 0. The molecule has 0 fully saturated rings. The second kappa shape index (κ2) is 3.35. The molecule has 0 amide bonds. The Labute approximate surface area is 53.2 Å². The number of nitrogens with one attached hydrogen (secondary N) is 1. The first-order valence-corrected chi connectivity index (χ1v) is 1.93. The Morgan fingerprint density at radius 3 is 2.62 bits per heavy atom. The molecule has 0 radical (unpaired) electrons. The van der Waals surface area contributed by atoms with Crippen molar-refractivity contribution < 1.29 is 4.42 Å². The van der Waals surface area contributed by atoms with E-state index in [4.69, 9.17) is 10.3 Å². The Morgan fingerprint density at radius 2 is 2.38 bits per heavy atom. The van der Waals surface area contributed by atoms with Gasteiger partial charge < -0.3 is 4.42 Å². The highest BCUT2D eigenvalue weighted by Gasteiger charge is 1.82. The van der Waals surface area contributed by atoms with Crippen LogP contribution >= 0.6 is 12.4 Å². The first-order chi connectivity index (χ1) is 3.43. The van der Waals surface area contributed by atoms with Crippen LogP contribution in [0.4, 0.5) is 5.88 Å². The molecule has 0 aliphatic heterocycles. The molecule has 46 valence electrons. The Balaban J connectivity index is 0.000000490. The number of nitrogens with two attached hydrogens (primary N) is 1. The maximum Gasteiger partial charge on any atom is 0.206 e. The normalized spacial score (nSPS) is 7.62. The lowest BCUT2D eigenvalue weighted by atomic mass is 10.6. The summed E-state index contributed by atoms with van der Waals surface area (Å²) in [6.07, 6.45) is 1.55. The zero-order valence-corrected chi connectivity index (χ0v) is 4.94. The predicted molar refractivity (Wildman–Crippen MR) is 33.8 cm³/mol. The molecule has 1 aromatic heterocycles. The summed E-state index contributed by atoms with van der Waals surface area (Å²) in [6, 6.07) is 3.50. The molecule has 1 heterocycles. The number of halogens is 1. The summed E-state index contributed by atoms with van der Waals surface area (Å²) in [7, 11) is 0. The molecule has 3 nitrogen and oxygen atoms in total. The topological polar surface area (TPSA) is 51.2 Å². The van der Waals surface area contributed by atoms with E-state index in [1.54, 1.807) is 18.4 Å². The standard InChI is InChI=1S/C4H6N2O.ClH/c5-6-4-2-1-3-7-4;/h1-3,6H,5H2;1H. The van der Waals surface area contributed by atoms with Crippen LogP contribution in [0.5, 0.6) is 0 Å². The molecule has 0 aliphatic rings. The van der Waals surface area contributed by atoms with Gasteiger partial charge in [-0.1, -0.05) is 0 Å². The molecule has 4 heteroatoms. The van der Waals surface area contributed by atoms with Crippen molar-refractivity contribution in [2.75, 3.05) is 5.43 Å². The van der Waals surface area contributed by atoms with Gasteiger partial charge in [-0.2, -0.15) is 0 Å². The van der Waals surface area contributed by atoms with Crippen molar-refractivity contribution in [3.8, 4) is 0 Å². The molecule has 1 rings (SSSR count). The third-order valence-corrected chi connectivity index (χ3v) is 0.663. The van der Waals surface area contributed by atoms with Crippen LogP contribution in [0.2, 0.25) is 0 Å². The average molecular weight is 135 g/mol. The number of hydrogen-bond donors (Lipinski definition) is 2. The highest BCUT2D eigenvalue weighted by Crippen LogP contribution is 2.02. The lowest BCUT2D eigenvalue weighted by molar-refractivity contribution is 0.580. The minimum atomic E-state index is 0. The minimum Gasteiger partial charge on any atom is -0.448 e. The van der Waals surface area contributed by atoms with Crippen LogP contribution < -0.4 is 11.3 Å². The van der Waals surface area contributed by atoms with Crippen LogP contribution in [-0.4, -0.2) is 0 Å². The van der Waals surface area contributed by atoms with E-state index in [-0.39, 0.29) is 12.4 Å². The van der Waals surface area contributed by atoms with E-state index in [1.807, 2.05) is 0 Å². The maximum atomic E-state index is 4.95. The summed E-state index contributed by atoms with van der Waals surface area (Å²) in [5.41, 5.74) is 2.34. The van der Waals surface area contributed by atoms with Crippen LogP contribution in [0.3, 0.4) is 0 Å². The zero-order chi connectivity index (χ0) is 5.11. The van der Waals surface area contributed by atoms with Gasteiger partial charge in [-0.25, -0.2) is 5.84 Å². The maximum absolute atomic E-state index is 4.95. The first kappa shape index (κ1) is 7.33. The SMILES string of the molecule is Cl.NNc1ccco1. The van der Waals surface area contributed by atoms with Gasteiger partial charge in [0.25, 0.3) is 0 Å². The van der Waals surface area contributed by atoms with E-state index in [9.17, 15) is 0 Å². The van der Waals surface area contributed by atoms with Gasteiger partial charge in [-0.3, -0.25) is 5.43 Å². The van der Waals surface area contributed by atoms with Crippen molar-refractivity contribution in [2.45, 2.75) is 0 Å². The first-order valence-electron chi connectivity index (χ1n) is 1.93. The Hall–Kier alpha value is -0.670. The van der Waals surface area contributed by atoms with Gasteiger partial charge in [0, 0.05) is 6.07 Å². The molecule has 0 saturated heterocycles. The molecule has 8 heavy (non-hydrogen) atoms. The number of anilines is 1. The molecule has 0 unspecified atom stereocenters.